The van der Waals surface area contributed by atoms with Gasteiger partial charge >= 0.3 is 0 Å². The Morgan fingerprint density at radius 3 is 2.62 bits per heavy atom. The fourth-order valence-corrected chi connectivity index (χ4v) is 4.24. The van der Waals surface area contributed by atoms with Crippen LogP contribution in [0.2, 0.25) is 0 Å². The van der Waals surface area contributed by atoms with Gasteiger partial charge in [-0.3, -0.25) is 9.59 Å². The van der Waals surface area contributed by atoms with Crippen LogP contribution < -0.4 is 10.9 Å². The van der Waals surface area contributed by atoms with Gasteiger partial charge in [-0.25, -0.2) is 0 Å². The van der Waals surface area contributed by atoms with E-state index in [1.54, 1.807) is 0 Å². The fourth-order valence-electron chi connectivity index (χ4n) is 4.24. The molecule has 2 N–H and O–H groups in total. The highest BCUT2D eigenvalue weighted by atomic mass is 16.2. The highest BCUT2D eigenvalue weighted by Crippen LogP contribution is 2.25. The first kappa shape index (κ1) is 17.1. The number of aromatic amines is 1. The number of carbonyl (C=O) groups excluding carboxylic acids is 1. The Morgan fingerprint density at radius 1 is 0.962 bits per heavy atom. The maximum absolute atomic E-state index is 12.7. The maximum atomic E-state index is 12.7. The minimum atomic E-state index is -0.286. The van der Waals surface area contributed by atoms with Crippen molar-refractivity contribution in [2.45, 2.75) is 64.3 Å². The SMILES string of the molecule is C[C@H](NC(=O)c1cc2c([nH]c1=O)CCCCC2)c1ccc2c(c1)CCC2. The number of pyridine rings is 1. The van der Waals surface area contributed by atoms with Crippen LogP contribution in [0.3, 0.4) is 0 Å². The van der Waals surface area contributed by atoms with Crippen molar-refractivity contribution >= 4 is 5.91 Å². The third kappa shape index (κ3) is 3.33. The van der Waals surface area contributed by atoms with Crippen molar-refractivity contribution in [1.29, 1.82) is 0 Å². The molecule has 0 unspecified atom stereocenters. The Labute approximate surface area is 154 Å². The molecule has 0 radical (unpaired) electrons. The van der Waals surface area contributed by atoms with Crippen LogP contribution in [0, 0.1) is 0 Å². The summed E-state index contributed by atoms with van der Waals surface area (Å²) >= 11 is 0. The van der Waals surface area contributed by atoms with Crippen LogP contribution >= 0.6 is 0 Å². The predicted molar refractivity (Wildman–Crippen MR) is 103 cm³/mol. The number of aromatic nitrogens is 1. The van der Waals surface area contributed by atoms with Gasteiger partial charge in [0.15, 0.2) is 0 Å². The molecular formula is C22H26N2O2. The largest absolute Gasteiger partial charge is 0.345 e. The molecule has 2 aliphatic carbocycles. The van der Waals surface area contributed by atoms with Gasteiger partial charge in [-0.15, -0.1) is 0 Å². The van der Waals surface area contributed by atoms with Crippen molar-refractivity contribution in [2.75, 3.05) is 0 Å². The zero-order valence-corrected chi connectivity index (χ0v) is 15.4. The molecule has 2 aromatic rings. The van der Waals surface area contributed by atoms with E-state index in [-0.39, 0.29) is 23.1 Å². The molecule has 26 heavy (non-hydrogen) atoms. The van der Waals surface area contributed by atoms with Crippen LogP contribution in [0.4, 0.5) is 0 Å². The number of hydrogen-bond acceptors (Lipinski definition) is 2. The third-order valence-corrected chi connectivity index (χ3v) is 5.80. The molecule has 4 heteroatoms. The monoisotopic (exact) mass is 350 g/mol. The molecule has 0 spiro atoms. The van der Waals surface area contributed by atoms with Gasteiger partial charge in [0.2, 0.25) is 0 Å². The lowest BCUT2D eigenvalue weighted by Gasteiger charge is -2.16. The van der Waals surface area contributed by atoms with Gasteiger partial charge in [-0.1, -0.05) is 24.6 Å². The van der Waals surface area contributed by atoms with Crippen LogP contribution in [-0.4, -0.2) is 10.9 Å². The summed E-state index contributed by atoms with van der Waals surface area (Å²) < 4.78 is 0. The summed E-state index contributed by atoms with van der Waals surface area (Å²) in [5.74, 6) is -0.286. The molecule has 2 aliphatic rings. The van der Waals surface area contributed by atoms with Crippen LogP contribution in [0.5, 0.6) is 0 Å². The van der Waals surface area contributed by atoms with Gasteiger partial charge in [-0.2, -0.15) is 0 Å². The second-order valence-electron chi connectivity index (χ2n) is 7.65. The molecule has 0 fully saturated rings. The van der Waals surface area contributed by atoms with Crippen LogP contribution in [0.15, 0.2) is 29.1 Å². The summed E-state index contributed by atoms with van der Waals surface area (Å²) in [6.07, 6.45) is 8.72. The number of hydrogen-bond donors (Lipinski definition) is 2. The van der Waals surface area contributed by atoms with Gasteiger partial charge in [0.1, 0.15) is 5.56 Å². The molecule has 0 saturated carbocycles. The Morgan fingerprint density at radius 2 is 1.73 bits per heavy atom. The van der Waals surface area contributed by atoms with Gasteiger partial charge in [0, 0.05) is 5.69 Å². The van der Waals surface area contributed by atoms with Crippen molar-refractivity contribution in [3.8, 4) is 0 Å². The van der Waals surface area contributed by atoms with Gasteiger partial charge < -0.3 is 10.3 Å². The Kier molecular flexibility index (Phi) is 4.66. The number of benzene rings is 1. The number of fused-ring (bicyclic) bond motifs is 2. The Bertz CT molecular complexity index is 898. The molecule has 4 rings (SSSR count). The second-order valence-corrected chi connectivity index (χ2v) is 7.65. The first-order valence-corrected chi connectivity index (χ1v) is 9.79. The van der Waals surface area contributed by atoms with Crippen molar-refractivity contribution in [2.24, 2.45) is 0 Å². The number of H-pyrrole nitrogens is 1. The van der Waals surface area contributed by atoms with E-state index in [2.05, 4.69) is 28.5 Å². The number of nitrogens with one attached hydrogen (secondary N) is 2. The lowest BCUT2D eigenvalue weighted by Crippen LogP contribution is -2.32. The normalized spacial score (nSPS) is 17.1. The summed E-state index contributed by atoms with van der Waals surface area (Å²) in [4.78, 5) is 28.1. The van der Waals surface area contributed by atoms with Crippen molar-refractivity contribution < 1.29 is 4.79 Å². The fraction of sp³-hybridized carbons (Fsp3) is 0.455. The Hall–Kier alpha value is -2.36. The average molecular weight is 350 g/mol. The molecule has 0 saturated heterocycles. The van der Waals surface area contributed by atoms with Gasteiger partial charge in [0.25, 0.3) is 11.5 Å². The van der Waals surface area contributed by atoms with Crippen molar-refractivity contribution in [3.05, 3.63) is 68.1 Å². The van der Waals surface area contributed by atoms with E-state index in [4.69, 9.17) is 0 Å². The quantitative estimate of drug-likeness (QED) is 0.831. The predicted octanol–water partition coefficient (Wildman–Crippen LogP) is 3.62. The van der Waals surface area contributed by atoms with Gasteiger partial charge in [-0.05, 0) is 80.2 Å². The molecule has 0 aliphatic heterocycles. The molecule has 1 aromatic heterocycles. The van der Waals surface area contributed by atoms with E-state index in [1.165, 1.54) is 24.0 Å². The molecule has 136 valence electrons. The van der Waals surface area contributed by atoms with E-state index in [0.29, 0.717) is 0 Å². The summed E-state index contributed by atoms with van der Waals surface area (Å²) in [5, 5.41) is 3.01. The highest BCUT2D eigenvalue weighted by Gasteiger charge is 2.19. The second kappa shape index (κ2) is 7.10. The highest BCUT2D eigenvalue weighted by molar-refractivity contribution is 5.94. The number of aryl methyl sites for hydroxylation is 4. The van der Waals surface area contributed by atoms with Gasteiger partial charge in [0.05, 0.1) is 6.04 Å². The van der Waals surface area contributed by atoms with E-state index in [0.717, 1.165) is 55.3 Å². The van der Waals surface area contributed by atoms with Crippen LogP contribution in [0.25, 0.3) is 0 Å². The Balaban J connectivity index is 1.54. The summed E-state index contributed by atoms with van der Waals surface area (Å²) in [6, 6.07) is 8.16. The van der Waals surface area contributed by atoms with Crippen LogP contribution in [0.1, 0.15) is 77.0 Å². The van der Waals surface area contributed by atoms with E-state index < -0.39 is 0 Å². The molecule has 4 nitrogen and oxygen atoms in total. The lowest BCUT2D eigenvalue weighted by atomic mass is 10.0. The molecule has 1 heterocycles. The van der Waals surface area contributed by atoms with Crippen molar-refractivity contribution in [3.63, 3.8) is 0 Å². The summed E-state index contributed by atoms with van der Waals surface area (Å²) in [5.41, 5.74) is 6.02. The van der Waals surface area contributed by atoms with Crippen LogP contribution in [-0.2, 0) is 25.7 Å². The first-order chi connectivity index (χ1) is 12.6. The average Bonchev–Trinajstić information content (AvgIpc) is 2.98. The summed E-state index contributed by atoms with van der Waals surface area (Å²) in [6.45, 7) is 1.98. The van der Waals surface area contributed by atoms with E-state index in [1.807, 2.05) is 13.0 Å². The standard InChI is InChI=1S/C22H26N2O2/c1-14(16-11-10-15-7-5-8-17(15)12-16)23-21(25)19-13-18-6-3-2-4-9-20(18)24-22(19)26/h10-14H,2-9H2,1H3,(H,23,25)(H,24,26)/t14-/m0/s1. The van der Waals surface area contributed by atoms with E-state index in [9.17, 15) is 9.59 Å². The first-order valence-electron chi connectivity index (χ1n) is 9.79. The number of amides is 1. The molecule has 0 bridgehead atoms. The molecule has 1 atom stereocenters. The number of carbonyl (C=O) groups is 1. The topological polar surface area (TPSA) is 62.0 Å². The smallest absolute Gasteiger partial charge is 0.261 e. The molecule has 1 aromatic carbocycles. The zero-order chi connectivity index (χ0) is 18.1. The third-order valence-electron chi connectivity index (χ3n) is 5.80. The summed E-state index contributed by atoms with van der Waals surface area (Å²) in [7, 11) is 0. The van der Waals surface area contributed by atoms with Crippen molar-refractivity contribution in [1.82, 2.24) is 10.3 Å². The molecular weight excluding hydrogens is 324 g/mol. The minimum absolute atomic E-state index is 0.119. The number of rotatable bonds is 3. The molecule has 1 amide bonds. The minimum Gasteiger partial charge on any atom is -0.345 e. The zero-order valence-electron chi connectivity index (χ0n) is 15.4. The maximum Gasteiger partial charge on any atom is 0.261 e. The van der Waals surface area contributed by atoms with E-state index >= 15 is 0 Å². The lowest BCUT2D eigenvalue weighted by molar-refractivity contribution is 0.0938.